The van der Waals surface area contributed by atoms with Crippen LogP contribution in [0.25, 0.3) is 10.9 Å². The highest BCUT2D eigenvalue weighted by Gasteiger charge is 2.14. The van der Waals surface area contributed by atoms with Crippen LogP contribution in [0.4, 0.5) is 0 Å². The standard InChI is InChI=1S/C17H26N2O/c1-6-19-13(5)16(11-18-12(3)4)15-10-14(20-7-2)8-9-17(15)19/h8-10,12,18H,6-7,11H2,1-5H3. The minimum absolute atomic E-state index is 0.490. The Bertz CT molecular complexity index is 584. The molecule has 0 aliphatic rings. The molecule has 110 valence electrons. The number of benzene rings is 1. The Morgan fingerprint density at radius 2 is 2.00 bits per heavy atom. The summed E-state index contributed by atoms with van der Waals surface area (Å²) in [6, 6.07) is 6.91. The maximum atomic E-state index is 5.65. The summed E-state index contributed by atoms with van der Waals surface area (Å²) in [5.74, 6) is 0.957. The van der Waals surface area contributed by atoms with Gasteiger partial charge in [-0.2, -0.15) is 0 Å². The summed E-state index contributed by atoms with van der Waals surface area (Å²) in [5, 5.41) is 4.84. The zero-order chi connectivity index (χ0) is 14.7. The van der Waals surface area contributed by atoms with Gasteiger partial charge in [0.2, 0.25) is 0 Å². The molecular weight excluding hydrogens is 248 g/mol. The van der Waals surface area contributed by atoms with Crippen molar-refractivity contribution in [2.75, 3.05) is 6.61 Å². The van der Waals surface area contributed by atoms with Gasteiger partial charge in [0, 0.05) is 35.7 Å². The molecule has 1 aromatic carbocycles. The van der Waals surface area contributed by atoms with Crippen molar-refractivity contribution in [3.05, 3.63) is 29.5 Å². The van der Waals surface area contributed by atoms with E-state index >= 15 is 0 Å². The van der Waals surface area contributed by atoms with E-state index in [1.807, 2.05) is 6.92 Å². The average Bonchev–Trinajstić information content (AvgIpc) is 2.67. The normalized spacial score (nSPS) is 11.5. The Morgan fingerprint density at radius 1 is 1.25 bits per heavy atom. The van der Waals surface area contributed by atoms with Gasteiger partial charge in [0.15, 0.2) is 0 Å². The first-order valence-electron chi connectivity index (χ1n) is 7.56. The van der Waals surface area contributed by atoms with Crippen molar-refractivity contribution in [2.24, 2.45) is 0 Å². The van der Waals surface area contributed by atoms with Crippen LogP contribution in [0.5, 0.6) is 5.75 Å². The average molecular weight is 274 g/mol. The Kier molecular flexibility index (Phi) is 4.71. The first kappa shape index (κ1) is 14.9. The second-order valence-electron chi connectivity index (χ2n) is 5.46. The molecule has 0 aliphatic carbocycles. The summed E-state index contributed by atoms with van der Waals surface area (Å²) in [6.45, 7) is 13.4. The van der Waals surface area contributed by atoms with E-state index in [-0.39, 0.29) is 0 Å². The van der Waals surface area contributed by atoms with Gasteiger partial charge in [0.1, 0.15) is 5.75 Å². The predicted molar refractivity (Wildman–Crippen MR) is 85.5 cm³/mol. The molecule has 0 fully saturated rings. The van der Waals surface area contributed by atoms with Gasteiger partial charge in [0.05, 0.1) is 6.61 Å². The molecule has 0 radical (unpaired) electrons. The Hall–Kier alpha value is -1.48. The van der Waals surface area contributed by atoms with Gasteiger partial charge >= 0.3 is 0 Å². The highest BCUT2D eigenvalue weighted by molar-refractivity contribution is 5.87. The maximum Gasteiger partial charge on any atom is 0.120 e. The van der Waals surface area contributed by atoms with Crippen LogP contribution in [-0.4, -0.2) is 17.2 Å². The third-order valence-corrected chi connectivity index (χ3v) is 3.74. The van der Waals surface area contributed by atoms with Crippen LogP contribution in [0.3, 0.4) is 0 Å². The Labute approximate surface area is 121 Å². The van der Waals surface area contributed by atoms with Crippen LogP contribution in [0.2, 0.25) is 0 Å². The number of nitrogens with zero attached hydrogens (tertiary/aromatic N) is 1. The van der Waals surface area contributed by atoms with Crippen molar-refractivity contribution in [1.29, 1.82) is 0 Å². The molecule has 20 heavy (non-hydrogen) atoms. The molecule has 1 aromatic heterocycles. The lowest BCUT2D eigenvalue weighted by Crippen LogP contribution is -2.22. The van der Waals surface area contributed by atoms with Crippen LogP contribution in [0.15, 0.2) is 18.2 Å². The molecule has 0 atom stereocenters. The fourth-order valence-electron chi connectivity index (χ4n) is 2.72. The highest BCUT2D eigenvalue weighted by atomic mass is 16.5. The number of fused-ring (bicyclic) bond motifs is 1. The fourth-order valence-corrected chi connectivity index (χ4v) is 2.72. The van der Waals surface area contributed by atoms with Crippen molar-refractivity contribution in [2.45, 2.75) is 53.8 Å². The molecule has 3 heteroatoms. The molecule has 3 nitrogen and oxygen atoms in total. The van der Waals surface area contributed by atoms with Crippen molar-refractivity contribution in [3.8, 4) is 5.75 Å². The van der Waals surface area contributed by atoms with Crippen LogP contribution in [-0.2, 0) is 13.1 Å². The van der Waals surface area contributed by atoms with Gasteiger partial charge in [-0.1, -0.05) is 13.8 Å². The molecule has 0 amide bonds. The minimum Gasteiger partial charge on any atom is -0.494 e. The number of rotatable bonds is 6. The van der Waals surface area contributed by atoms with E-state index in [4.69, 9.17) is 4.74 Å². The summed E-state index contributed by atoms with van der Waals surface area (Å²) in [7, 11) is 0. The summed E-state index contributed by atoms with van der Waals surface area (Å²) in [6.07, 6.45) is 0. The lowest BCUT2D eigenvalue weighted by atomic mass is 10.1. The van der Waals surface area contributed by atoms with E-state index in [2.05, 4.69) is 55.8 Å². The third-order valence-electron chi connectivity index (χ3n) is 3.74. The van der Waals surface area contributed by atoms with Gasteiger partial charge in [-0.15, -0.1) is 0 Å². The minimum atomic E-state index is 0.490. The molecule has 1 heterocycles. The number of aromatic nitrogens is 1. The molecule has 0 unspecified atom stereocenters. The predicted octanol–water partition coefficient (Wildman–Crippen LogP) is 3.87. The number of hydrogen-bond donors (Lipinski definition) is 1. The molecular formula is C17H26N2O. The second kappa shape index (κ2) is 6.31. The molecule has 0 saturated carbocycles. The largest absolute Gasteiger partial charge is 0.494 e. The third kappa shape index (κ3) is 2.83. The van der Waals surface area contributed by atoms with Crippen molar-refractivity contribution in [1.82, 2.24) is 9.88 Å². The van der Waals surface area contributed by atoms with Crippen LogP contribution in [0, 0.1) is 6.92 Å². The van der Waals surface area contributed by atoms with E-state index in [1.54, 1.807) is 0 Å². The maximum absolute atomic E-state index is 5.65. The zero-order valence-corrected chi connectivity index (χ0v) is 13.3. The van der Waals surface area contributed by atoms with E-state index in [0.717, 1.165) is 18.8 Å². The van der Waals surface area contributed by atoms with E-state index in [0.29, 0.717) is 12.6 Å². The highest BCUT2D eigenvalue weighted by Crippen LogP contribution is 2.29. The lowest BCUT2D eigenvalue weighted by Gasteiger charge is -2.09. The van der Waals surface area contributed by atoms with Gasteiger partial charge in [-0.05, 0) is 44.5 Å². The summed E-state index contributed by atoms with van der Waals surface area (Å²) < 4.78 is 8.03. The smallest absolute Gasteiger partial charge is 0.120 e. The number of nitrogens with one attached hydrogen (secondary N) is 1. The monoisotopic (exact) mass is 274 g/mol. The van der Waals surface area contributed by atoms with Gasteiger partial charge in [0.25, 0.3) is 0 Å². The van der Waals surface area contributed by atoms with Gasteiger partial charge in [-0.25, -0.2) is 0 Å². The molecule has 2 rings (SSSR count). The fraction of sp³-hybridized carbons (Fsp3) is 0.529. The number of aryl methyl sites for hydroxylation is 1. The first-order valence-corrected chi connectivity index (χ1v) is 7.56. The van der Waals surface area contributed by atoms with Crippen LogP contribution in [0.1, 0.15) is 39.0 Å². The number of ether oxygens (including phenoxy) is 1. The van der Waals surface area contributed by atoms with Crippen molar-refractivity contribution < 1.29 is 4.74 Å². The van der Waals surface area contributed by atoms with Gasteiger partial charge < -0.3 is 14.6 Å². The topological polar surface area (TPSA) is 26.2 Å². The lowest BCUT2D eigenvalue weighted by molar-refractivity contribution is 0.340. The van der Waals surface area contributed by atoms with Crippen molar-refractivity contribution >= 4 is 10.9 Å². The summed E-state index contributed by atoms with van der Waals surface area (Å²) in [5.41, 5.74) is 4.04. The van der Waals surface area contributed by atoms with E-state index < -0.39 is 0 Å². The van der Waals surface area contributed by atoms with Crippen LogP contribution < -0.4 is 10.1 Å². The summed E-state index contributed by atoms with van der Waals surface area (Å²) in [4.78, 5) is 0. The van der Waals surface area contributed by atoms with E-state index in [9.17, 15) is 0 Å². The molecule has 1 N–H and O–H groups in total. The molecule has 0 bridgehead atoms. The summed E-state index contributed by atoms with van der Waals surface area (Å²) >= 11 is 0. The zero-order valence-electron chi connectivity index (χ0n) is 13.3. The first-order chi connectivity index (χ1) is 9.58. The van der Waals surface area contributed by atoms with Gasteiger partial charge in [-0.3, -0.25) is 0 Å². The van der Waals surface area contributed by atoms with E-state index in [1.165, 1.54) is 22.2 Å². The quantitative estimate of drug-likeness (QED) is 0.865. The van der Waals surface area contributed by atoms with Crippen LogP contribution >= 0.6 is 0 Å². The molecule has 0 aliphatic heterocycles. The molecule has 0 saturated heterocycles. The molecule has 0 spiro atoms. The second-order valence-corrected chi connectivity index (χ2v) is 5.46. The van der Waals surface area contributed by atoms with Crippen molar-refractivity contribution in [3.63, 3.8) is 0 Å². The Morgan fingerprint density at radius 3 is 2.60 bits per heavy atom. The number of hydrogen-bond acceptors (Lipinski definition) is 2. The SMILES string of the molecule is CCOc1ccc2c(c1)c(CNC(C)C)c(C)n2CC. The molecule has 2 aromatic rings. The Balaban J connectivity index is 2.51.